The van der Waals surface area contributed by atoms with E-state index in [2.05, 4.69) is 0 Å². The predicted octanol–water partition coefficient (Wildman–Crippen LogP) is 4.93. The van der Waals surface area contributed by atoms with Crippen LogP contribution in [-0.2, 0) is 16.1 Å². The molecule has 0 fully saturated rings. The maximum Gasteiger partial charge on any atom is 0.333 e. The summed E-state index contributed by atoms with van der Waals surface area (Å²) in [6, 6.07) is 16.0. The number of hydrogen-bond acceptors (Lipinski definition) is 3. The van der Waals surface area contributed by atoms with Gasteiger partial charge in [0.2, 0.25) is 0 Å². The molecule has 0 N–H and O–H groups in total. The molecule has 0 saturated heterocycles. The first kappa shape index (κ1) is 17.8. The van der Waals surface area contributed by atoms with E-state index >= 15 is 0 Å². The molecule has 24 heavy (non-hydrogen) atoms. The van der Waals surface area contributed by atoms with E-state index in [1.165, 1.54) is 0 Å². The van der Waals surface area contributed by atoms with Crippen molar-refractivity contribution in [3.63, 3.8) is 0 Å². The third-order valence-corrected chi connectivity index (χ3v) is 3.74. The number of carbonyl (C=O) groups excluding carboxylic acids is 1. The van der Waals surface area contributed by atoms with Gasteiger partial charge in [-0.05, 0) is 55.2 Å². The zero-order valence-corrected chi connectivity index (χ0v) is 14.5. The molecule has 0 saturated carbocycles. The molecule has 0 radical (unpaired) electrons. The van der Waals surface area contributed by atoms with Crippen LogP contribution in [0.5, 0.6) is 5.75 Å². The summed E-state index contributed by atoms with van der Waals surface area (Å²) in [6.45, 7) is 6.71. The van der Waals surface area contributed by atoms with Crippen LogP contribution in [0.2, 0.25) is 0 Å². The molecular formula is C21H24O3. The monoisotopic (exact) mass is 324 g/mol. The second-order valence-electron chi connectivity index (χ2n) is 5.54. The molecule has 0 spiro atoms. The van der Waals surface area contributed by atoms with Crippen molar-refractivity contribution in [2.75, 3.05) is 6.61 Å². The van der Waals surface area contributed by atoms with Crippen molar-refractivity contribution in [3.05, 3.63) is 70.8 Å². The van der Waals surface area contributed by atoms with Crippen molar-refractivity contribution in [1.82, 2.24) is 0 Å². The quantitative estimate of drug-likeness (QED) is 0.535. The molecule has 0 bridgehead atoms. The van der Waals surface area contributed by atoms with Crippen LogP contribution in [0.4, 0.5) is 0 Å². The largest absolute Gasteiger partial charge is 0.489 e. The molecule has 2 rings (SSSR count). The van der Waals surface area contributed by atoms with E-state index < -0.39 is 0 Å². The second-order valence-corrected chi connectivity index (χ2v) is 5.54. The molecule has 0 aliphatic carbocycles. The summed E-state index contributed by atoms with van der Waals surface area (Å²) in [7, 11) is 0. The third kappa shape index (κ3) is 4.98. The van der Waals surface area contributed by atoms with Crippen LogP contribution in [0.1, 0.15) is 37.0 Å². The molecule has 0 unspecified atom stereocenters. The van der Waals surface area contributed by atoms with E-state index in [0.717, 1.165) is 22.4 Å². The molecule has 3 heteroatoms. The fourth-order valence-electron chi connectivity index (χ4n) is 2.36. The Labute approximate surface area is 143 Å². The first-order valence-electron chi connectivity index (χ1n) is 8.29. The number of ether oxygens (including phenoxy) is 2. The predicted molar refractivity (Wildman–Crippen MR) is 96.9 cm³/mol. The minimum atomic E-state index is -0.246. The molecule has 0 atom stereocenters. The fraction of sp³-hybridized carbons (Fsp3) is 0.286. The number of hydrogen-bond donors (Lipinski definition) is 0. The summed E-state index contributed by atoms with van der Waals surface area (Å²) in [5.74, 6) is 0.575. The van der Waals surface area contributed by atoms with E-state index in [9.17, 15) is 4.79 Å². The smallest absolute Gasteiger partial charge is 0.333 e. The molecular weight excluding hydrogens is 300 g/mol. The second kappa shape index (κ2) is 8.92. The van der Waals surface area contributed by atoms with Crippen LogP contribution in [0, 0.1) is 6.92 Å². The Morgan fingerprint density at radius 1 is 1.08 bits per heavy atom. The van der Waals surface area contributed by atoms with E-state index in [1.807, 2.05) is 75.4 Å². The van der Waals surface area contributed by atoms with Gasteiger partial charge >= 0.3 is 5.97 Å². The molecule has 0 aromatic heterocycles. The van der Waals surface area contributed by atoms with Crippen LogP contribution in [-0.4, -0.2) is 12.6 Å². The van der Waals surface area contributed by atoms with Crippen LogP contribution in [0.3, 0.4) is 0 Å². The highest BCUT2D eigenvalue weighted by molar-refractivity contribution is 5.93. The highest BCUT2D eigenvalue weighted by Crippen LogP contribution is 2.21. The normalized spacial score (nSPS) is 11.2. The molecule has 0 aliphatic rings. The number of rotatable bonds is 7. The van der Waals surface area contributed by atoms with E-state index in [0.29, 0.717) is 25.2 Å². The number of carbonyl (C=O) groups is 1. The van der Waals surface area contributed by atoms with E-state index in [-0.39, 0.29) is 5.97 Å². The van der Waals surface area contributed by atoms with Gasteiger partial charge < -0.3 is 9.47 Å². The lowest BCUT2D eigenvalue weighted by Crippen LogP contribution is -2.07. The van der Waals surface area contributed by atoms with Crippen molar-refractivity contribution < 1.29 is 14.3 Å². The van der Waals surface area contributed by atoms with Gasteiger partial charge in [0.15, 0.2) is 0 Å². The van der Waals surface area contributed by atoms with Crippen molar-refractivity contribution >= 4 is 12.0 Å². The minimum absolute atomic E-state index is 0.246. The van der Waals surface area contributed by atoms with Gasteiger partial charge in [-0.15, -0.1) is 0 Å². The zero-order chi connectivity index (χ0) is 17.4. The molecule has 0 amide bonds. The first-order valence-corrected chi connectivity index (χ1v) is 8.29. The molecule has 126 valence electrons. The van der Waals surface area contributed by atoms with Gasteiger partial charge in [0.1, 0.15) is 12.4 Å². The molecule has 0 aliphatic heterocycles. The zero-order valence-electron chi connectivity index (χ0n) is 14.5. The van der Waals surface area contributed by atoms with Crippen molar-refractivity contribution in [2.45, 2.75) is 33.8 Å². The van der Waals surface area contributed by atoms with Gasteiger partial charge in [0.25, 0.3) is 0 Å². The van der Waals surface area contributed by atoms with Crippen molar-refractivity contribution in [3.8, 4) is 5.75 Å². The average molecular weight is 324 g/mol. The molecule has 2 aromatic rings. The van der Waals surface area contributed by atoms with Gasteiger partial charge in [-0.1, -0.05) is 43.3 Å². The average Bonchev–Trinajstić information content (AvgIpc) is 2.60. The lowest BCUT2D eigenvalue weighted by molar-refractivity contribution is -0.138. The minimum Gasteiger partial charge on any atom is -0.489 e. The highest BCUT2D eigenvalue weighted by Gasteiger charge is 2.09. The lowest BCUT2D eigenvalue weighted by atomic mass is 10.0. The van der Waals surface area contributed by atoms with Crippen LogP contribution < -0.4 is 4.74 Å². The third-order valence-electron chi connectivity index (χ3n) is 3.74. The Morgan fingerprint density at radius 3 is 2.46 bits per heavy atom. The van der Waals surface area contributed by atoms with Crippen LogP contribution in [0.15, 0.2) is 54.1 Å². The van der Waals surface area contributed by atoms with Gasteiger partial charge in [-0.25, -0.2) is 4.79 Å². The highest BCUT2D eigenvalue weighted by atomic mass is 16.5. The Morgan fingerprint density at radius 2 is 1.83 bits per heavy atom. The van der Waals surface area contributed by atoms with Gasteiger partial charge in [0.05, 0.1) is 6.61 Å². The fourth-order valence-corrected chi connectivity index (χ4v) is 2.36. The van der Waals surface area contributed by atoms with Crippen molar-refractivity contribution in [2.24, 2.45) is 0 Å². The number of aryl methyl sites for hydroxylation is 1. The topological polar surface area (TPSA) is 35.5 Å². The summed E-state index contributed by atoms with van der Waals surface area (Å²) in [5.41, 5.74) is 3.88. The summed E-state index contributed by atoms with van der Waals surface area (Å²) >= 11 is 0. The maximum atomic E-state index is 11.9. The van der Waals surface area contributed by atoms with Crippen molar-refractivity contribution in [1.29, 1.82) is 0 Å². The van der Waals surface area contributed by atoms with Gasteiger partial charge in [-0.3, -0.25) is 0 Å². The Kier molecular flexibility index (Phi) is 6.62. The first-order chi connectivity index (χ1) is 11.6. The van der Waals surface area contributed by atoms with Gasteiger partial charge in [-0.2, -0.15) is 0 Å². The summed E-state index contributed by atoms with van der Waals surface area (Å²) < 4.78 is 10.9. The molecule has 0 heterocycles. The standard InChI is InChI=1S/C21H24O3/c1-4-18(21(22)23-5-2)14-19-11-12-20(13-16(19)3)24-15-17-9-7-6-8-10-17/h6-14H,4-5,15H2,1-3H3/b18-14+. The maximum absolute atomic E-state index is 11.9. The van der Waals surface area contributed by atoms with E-state index in [4.69, 9.17) is 9.47 Å². The molecule has 3 nitrogen and oxygen atoms in total. The Balaban J connectivity index is 2.10. The SMILES string of the molecule is CCOC(=O)/C(=C/c1ccc(OCc2ccccc2)cc1C)CC. The van der Waals surface area contributed by atoms with Crippen LogP contribution >= 0.6 is 0 Å². The van der Waals surface area contributed by atoms with Gasteiger partial charge in [0, 0.05) is 5.57 Å². The van der Waals surface area contributed by atoms with Crippen LogP contribution in [0.25, 0.3) is 6.08 Å². The number of benzene rings is 2. The molecule has 2 aromatic carbocycles. The summed E-state index contributed by atoms with van der Waals surface area (Å²) in [6.07, 6.45) is 2.54. The Bertz CT molecular complexity index is 702. The summed E-state index contributed by atoms with van der Waals surface area (Å²) in [4.78, 5) is 11.9. The summed E-state index contributed by atoms with van der Waals surface area (Å²) in [5, 5.41) is 0. The van der Waals surface area contributed by atoms with E-state index in [1.54, 1.807) is 0 Å². The lowest BCUT2D eigenvalue weighted by Gasteiger charge is -2.10. The Hall–Kier alpha value is -2.55. The number of esters is 1.